The first-order valence-corrected chi connectivity index (χ1v) is 7.35. The minimum atomic E-state index is 0.216. The molecule has 0 unspecified atom stereocenters. The van der Waals surface area contributed by atoms with Gasteiger partial charge in [0.25, 0.3) is 0 Å². The van der Waals surface area contributed by atoms with Crippen molar-refractivity contribution >= 4 is 21.5 Å². The summed E-state index contributed by atoms with van der Waals surface area (Å²) in [4.78, 5) is 0. The monoisotopic (exact) mass is 320 g/mol. The van der Waals surface area contributed by atoms with E-state index in [-0.39, 0.29) is 23.0 Å². The highest BCUT2D eigenvalue weighted by atomic mass is 16.3. The first-order chi connectivity index (χ1) is 11.5. The van der Waals surface area contributed by atoms with E-state index in [0.29, 0.717) is 0 Å². The van der Waals surface area contributed by atoms with E-state index in [0.717, 1.165) is 21.5 Å². The van der Waals surface area contributed by atoms with Gasteiger partial charge in [0.1, 0.15) is 23.0 Å². The SMILES string of the molecule is Oc1ccc2ccc(O)cc2c1.Oc1ccc2ccc(O)cc2c1. The maximum atomic E-state index is 9.14. The third-order valence-electron chi connectivity index (χ3n) is 3.61. The number of benzene rings is 4. The quantitative estimate of drug-likeness (QED) is 0.384. The van der Waals surface area contributed by atoms with Crippen molar-refractivity contribution in [2.45, 2.75) is 0 Å². The highest BCUT2D eigenvalue weighted by molar-refractivity contribution is 5.85. The summed E-state index contributed by atoms with van der Waals surface area (Å²) in [6.07, 6.45) is 0. The van der Waals surface area contributed by atoms with Crippen LogP contribution in [0.2, 0.25) is 0 Å². The average molecular weight is 320 g/mol. The van der Waals surface area contributed by atoms with Crippen LogP contribution in [0.3, 0.4) is 0 Å². The molecule has 4 N–H and O–H groups in total. The van der Waals surface area contributed by atoms with Crippen LogP contribution in [0.5, 0.6) is 23.0 Å². The van der Waals surface area contributed by atoms with Gasteiger partial charge in [0.05, 0.1) is 0 Å². The van der Waals surface area contributed by atoms with Gasteiger partial charge in [0.15, 0.2) is 0 Å². The molecule has 4 rings (SSSR count). The number of rotatable bonds is 0. The summed E-state index contributed by atoms with van der Waals surface area (Å²) in [6.45, 7) is 0. The first-order valence-electron chi connectivity index (χ1n) is 7.35. The first kappa shape index (κ1) is 15.5. The van der Waals surface area contributed by atoms with Crippen molar-refractivity contribution in [3.63, 3.8) is 0 Å². The Kier molecular flexibility index (Phi) is 4.12. The molecule has 4 aromatic rings. The molecule has 4 heteroatoms. The lowest BCUT2D eigenvalue weighted by Gasteiger charge is -1.98. The van der Waals surface area contributed by atoms with Crippen LogP contribution in [-0.2, 0) is 0 Å². The molecular weight excluding hydrogens is 304 g/mol. The van der Waals surface area contributed by atoms with Crippen LogP contribution in [0.15, 0.2) is 72.8 Å². The largest absolute Gasteiger partial charge is 0.508 e. The topological polar surface area (TPSA) is 80.9 Å². The Morgan fingerprint density at radius 3 is 0.833 bits per heavy atom. The van der Waals surface area contributed by atoms with Gasteiger partial charge in [-0.05, 0) is 70.1 Å². The number of fused-ring (bicyclic) bond motifs is 2. The predicted octanol–water partition coefficient (Wildman–Crippen LogP) is 4.50. The molecule has 4 nitrogen and oxygen atoms in total. The van der Waals surface area contributed by atoms with Gasteiger partial charge < -0.3 is 20.4 Å². The van der Waals surface area contributed by atoms with Gasteiger partial charge in [-0.2, -0.15) is 0 Å². The molecule has 0 saturated heterocycles. The van der Waals surface area contributed by atoms with E-state index in [1.54, 1.807) is 48.5 Å². The molecule has 0 amide bonds. The van der Waals surface area contributed by atoms with E-state index < -0.39 is 0 Å². The van der Waals surface area contributed by atoms with Crippen molar-refractivity contribution in [3.05, 3.63) is 72.8 Å². The Morgan fingerprint density at radius 2 is 0.583 bits per heavy atom. The van der Waals surface area contributed by atoms with Crippen molar-refractivity contribution in [3.8, 4) is 23.0 Å². The molecule has 24 heavy (non-hydrogen) atoms. The molecular formula is C20H16O4. The van der Waals surface area contributed by atoms with Crippen molar-refractivity contribution < 1.29 is 20.4 Å². The lowest BCUT2D eigenvalue weighted by atomic mass is 10.1. The Hall–Kier alpha value is -3.40. The highest BCUT2D eigenvalue weighted by Crippen LogP contribution is 2.24. The molecule has 0 saturated carbocycles. The van der Waals surface area contributed by atoms with E-state index in [1.165, 1.54) is 0 Å². The summed E-state index contributed by atoms with van der Waals surface area (Å²) in [5, 5.41) is 40.3. The molecule has 0 bridgehead atoms. The third-order valence-corrected chi connectivity index (χ3v) is 3.61. The van der Waals surface area contributed by atoms with E-state index in [1.807, 2.05) is 24.3 Å². The summed E-state index contributed by atoms with van der Waals surface area (Å²) in [6, 6.07) is 20.2. The standard InChI is InChI=1S/2C10H8O2/c2*11-9-3-1-7-2-4-10(12)6-8(7)5-9/h2*1-6,11-12H. The Labute approximate surface area is 138 Å². The van der Waals surface area contributed by atoms with Gasteiger partial charge in [0.2, 0.25) is 0 Å². The zero-order valence-corrected chi connectivity index (χ0v) is 12.7. The second kappa shape index (κ2) is 6.38. The molecule has 0 aliphatic heterocycles. The highest BCUT2D eigenvalue weighted by Gasteiger charge is 1.96. The molecule has 0 fully saturated rings. The molecule has 0 aliphatic carbocycles. The maximum absolute atomic E-state index is 9.14. The van der Waals surface area contributed by atoms with E-state index in [4.69, 9.17) is 20.4 Å². The van der Waals surface area contributed by atoms with E-state index in [9.17, 15) is 0 Å². The molecule has 0 spiro atoms. The third kappa shape index (κ3) is 3.50. The summed E-state index contributed by atoms with van der Waals surface area (Å²) in [7, 11) is 0. The van der Waals surface area contributed by atoms with Crippen molar-refractivity contribution in [1.82, 2.24) is 0 Å². The van der Waals surface area contributed by atoms with Gasteiger partial charge in [-0.3, -0.25) is 0 Å². The molecule has 0 aromatic heterocycles. The van der Waals surface area contributed by atoms with Crippen LogP contribution < -0.4 is 0 Å². The lowest BCUT2D eigenvalue weighted by Crippen LogP contribution is -1.71. The Bertz CT molecular complexity index is 852. The summed E-state index contributed by atoms with van der Waals surface area (Å²) < 4.78 is 0. The minimum Gasteiger partial charge on any atom is -0.508 e. The molecule has 0 aliphatic rings. The summed E-state index contributed by atoms with van der Waals surface area (Å²) in [5.41, 5.74) is 0. The number of hydrogen-bond acceptors (Lipinski definition) is 4. The zero-order chi connectivity index (χ0) is 17.1. The molecule has 4 aromatic carbocycles. The average Bonchev–Trinajstić information content (AvgIpc) is 2.54. The maximum Gasteiger partial charge on any atom is 0.116 e. The number of aromatic hydroxyl groups is 4. The van der Waals surface area contributed by atoms with Gasteiger partial charge >= 0.3 is 0 Å². The summed E-state index contributed by atoms with van der Waals surface area (Å²) >= 11 is 0. The van der Waals surface area contributed by atoms with Crippen molar-refractivity contribution in [1.29, 1.82) is 0 Å². The fourth-order valence-corrected chi connectivity index (χ4v) is 2.44. The predicted molar refractivity (Wildman–Crippen MR) is 94.6 cm³/mol. The Balaban J connectivity index is 0.000000141. The van der Waals surface area contributed by atoms with Crippen LogP contribution in [0.4, 0.5) is 0 Å². The van der Waals surface area contributed by atoms with Crippen LogP contribution in [0.25, 0.3) is 21.5 Å². The minimum absolute atomic E-state index is 0.216. The van der Waals surface area contributed by atoms with Gasteiger partial charge in [-0.15, -0.1) is 0 Å². The zero-order valence-electron chi connectivity index (χ0n) is 12.7. The second-order valence-corrected chi connectivity index (χ2v) is 5.43. The van der Waals surface area contributed by atoms with Crippen LogP contribution in [0, 0.1) is 0 Å². The van der Waals surface area contributed by atoms with E-state index in [2.05, 4.69) is 0 Å². The van der Waals surface area contributed by atoms with Crippen LogP contribution >= 0.6 is 0 Å². The second-order valence-electron chi connectivity index (χ2n) is 5.43. The van der Waals surface area contributed by atoms with Crippen molar-refractivity contribution in [2.24, 2.45) is 0 Å². The van der Waals surface area contributed by atoms with Gasteiger partial charge in [-0.25, -0.2) is 0 Å². The number of phenols is 4. The lowest BCUT2D eigenvalue weighted by molar-refractivity contribution is 0.473. The van der Waals surface area contributed by atoms with Gasteiger partial charge in [0, 0.05) is 0 Å². The normalized spacial score (nSPS) is 10.3. The van der Waals surface area contributed by atoms with E-state index >= 15 is 0 Å². The molecule has 0 atom stereocenters. The fourth-order valence-electron chi connectivity index (χ4n) is 2.44. The summed E-state index contributed by atoms with van der Waals surface area (Å²) in [5.74, 6) is 0.863. The Morgan fingerprint density at radius 1 is 0.333 bits per heavy atom. The van der Waals surface area contributed by atoms with Crippen molar-refractivity contribution in [2.75, 3.05) is 0 Å². The smallest absolute Gasteiger partial charge is 0.116 e. The molecule has 0 radical (unpaired) electrons. The van der Waals surface area contributed by atoms with Gasteiger partial charge in [-0.1, -0.05) is 24.3 Å². The molecule has 0 heterocycles. The molecule has 120 valence electrons. The number of hydrogen-bond donors (Lipinski definition) is 4. The number of phenolic OH excluding ortho intramolecular Hbond substituents is 4. The van der Waals surface area contributed by atoms with Crippen LogP contribution in [-0.4, -0.2) is 20.4 Å². The van der Waals surface area contributed by atoms with Crippen LogP contribution in [0.1, 0.15) is 0 Å². The fraction of sp³-hybridized carbons (Fsp3) is 0.